The summed E-state index contributed by atoms with van der Waals surface area (Å²) >= 11 is 0. The van der Waals surface area contributed by atoms with Gasteiger partial charge in [-0.25, -0.2) is 0 Å². The highest BCUT2D eigenvalue weighted by atomic mass is 16.3. The summed E-state index contributed by atoms with van der Waals surface area (Å²) in [5, 5.41) is 15.2. The molecule has 3 N–H and O–H groups in total. The number of nitrogens with one attached hydrogen (secondary N) is 2. The second-order valence-corrected chi connectivity index (χ2v) is 7.60. The number of carbonyl (C=O) groups is 2. The Morgan fingerprint density at radius 2 is 1.75 bits per heavy atom. The van der Waals surface area contributed by atoms with Crippen LogP contribution >= 0.6 is 0 Å². The zero-order chi connectivity index (χ0) is 17.4. The molecule has 24 heavy (non-hydrogen) atoms. The smallest absolute Gasteiger partial charge is 0.223 e. The molecule has 1 unspecified atom stereocenters. The molecule has 2 aliphatic carbocycles. The maximum atomic E-state index is 12.3. The lowest BCUT2D eigenvalue weighted by Crippen LogP contribution is -2.43. The van der Waals surface area contributed by atoms with Crippen molar-refractivity contribution in [1.82, 2.24) is 10.6 Å². The topological polar surface area (TPSA) is 78.4 Å². The van der Waals surface area contributed by atoms with Gasteiger partial charge in [0, 0.05) is 31.0 Å². The predicted octanol–water partition coefficient (Wildman–Crippen LogP) is 2.52. The Morgan fingerprint density at radius 1 is 1.08 bits per heavy atom. The molecule has 0 bridgehead atoms. The highest BCUT2D eigenvalue weighted by Crippen LogP contribution is 2.28. The van der Waals surface area contributed by atoms with Crippen molar-refractivity contribution < 1.29 is 14.7 Å². The van der Waals surface area contributed by atoms with Gasteiger partial charge in [-0.2, -0.15) is 0 Å². The SMILES string of the molecule is CCC(CCO)NC(=O)C1CCC(NC(=O)CC2CCCC2)CC1. The second kappa shape index (κ2) is 10.0. The van der Waals surface area contributed by atoms with Gasteiger partial charge in [-0.05, 0) is 57.3 Å². The first-order chi connectivity index (χ1) is 11.6. The fourth-order valence-corrected chi connectivity index (χ4v) is 4.12. The average Bonchev–Trinajstić information content (AvgIpc) is 3.07. The van der Waals surface area contributed by atoms with E-state index in [1.165, 1.54) is 25.7 Å². The average molecular weight is 338 g/mol. The minimum atomic E-state index is 0.0562. The summed E-state index contributed by atoms with van der Waals surface area (Å²) in [7, 11) is 0. The first kappa shape index (κ1) is 19.2. The van der Waals surface area contributed by atoms with Crippen molar-refractivity contribution in [2.75, 3.05) is 6.61 Å². The lowest BCUT2D eigenvalue weighted by Gasteiger charge is -2.30. The highest BCUT2D eigenvalue weighted by Gasteiger charge is 2.28. The molecule has 2 amide bonds. The van der Waals surface area contributed by atoms with Crippen LogP contribution in [0.3, 0.4) is 0 Å². The van der Waals surface area contributed by atoms with Crippen molar-refractivity contribution in [1.29, 1.82) is 0 Å². The van der Waals surface area contributed by atoms with Crippen molar-refractivity contribution in [2.24, 2.45) is 11.8 Å². The first-order valence-corrected chi connectivity index (χ1v) is 9.83. The molecule has 1 atom stereocenters. The second-order valence-electron chi connectivity index (χ2n) is 7.60. The molecule has 0 saturated heterocycles. The molecule has 5 heteroatoms. The van der Waals surface area contributed by atoms with Gasteiger partial charge in [-0.15, -0.1) is 0 Å². The molecular weight excluding hydrogens is 304 g/mol. The van der Waals surface area contributed by atoms with Crippen LogP contribution in [0.2, 0.25) is 0 Å². The number of rotatable bonds is 8. The van der Waals surface area contributed by atoms with E-state index in [4.69, 9.17) is 5.11 Å². The molecule has 2 fully saturated rings. The van der Waals surface area contributed by atoms with Gasteiger partial charge in [0.2, 0.25) is 11.8 Å². The molecule has 2 aliphatic rings. The molecule has 0 aromatic carbocycles. The van der Waals surface area contributed by atoms with Gasteiger partial charge in [0.15, 0.2) is 0 Å². The van der Waals surface area contributed by atoms with Crippen LogP contribution in [0, 0.1) is 11.8 Å². The normalized spacial score (nSPS) is 26.1. The zero-order valence-corrected chi connectivity index (χ0v) is 15.1. The Balaban J connectivity index is 1.66. The van der Waals surface area contributed by atoms with Crippen molar-refractivity contribution in [3.8, 4) is 0 Å². The van der Waals surface area contributed by atoms with Gasteiger partial charge < -0.3 is 15.7 Å². The van der Waals surface area contributed by atoms with Crippen LogP contribution in [0.15, 0.2) is 0 Å². The van der Waals surface area contributed by atoms with Gasteiger partial charge >= 0.3 is 0 Å². The van der Waals surface area contributed by atoms with Crippen LogP contribution in [0.25, 0.3) is 0 Å². The third-order valence-electron chi connectivity index (χ3n) is 5.73. The number of aliphatic hydroxyl groups is 1. The van der Waals surface area contributed by atoms with E-state index in [-0.39, 0.29) is 36.4 Å². The lowest BCUT2D eigenvalue weighted by atomic mass is 9.85. The molecule has 0 spiro atoms. The van der Waals surface area contributed by atoms with Crippen LogP contribution in [0.5, 0.6) is 0 Å². The summed E-state index contributed by atoms with van der Waals surface area (Å²) in [6.07, 6.45) is 10.6. The summed E-state index contributed by atoms with van der Waals surface area (Å²) in [4.78, 5) is 24.4. The van der Waals surface area contributed by atoms with E-state index in [1.54, 1.807) is 0 Å². The van der Waals surface area contributed by atoms with Gasteiger partial charge in [0.25, 0.3) is 0 Å². The Morgan fingerprint density at radius 3 is 2.33 bits per heavy atom. The zero-order valence-electron chi connectivity index (χ0n) is 15.1. The Kier molecular flexibility index (Phi) is 8.03. The largest absolute Gasteiger partial charge is 0.396 e. The molecule has 0 radical (unpaired) electrons. The highest BCUT2D eigenvalue weighted by molar-refractivity contribution is 5.79. The maximum Gasteiger partial charge on any atom is 0.223 e. The van der Waals surface area contributed by atoms with Crippen LogP contribution in [-0.2, 0) is 9.59 Å². The number of aliphatic hydroxyl groups excluding tert-OH is 1. The number of hydrogen-bond donors (Lipinski definition) is 3. The first-order valence-electron chi connectivity index (χ1n) is 9.83. The van der Waals surface area contributed by atoms with E-state index < -0.39 is 0 Å². The Labute approximate surface area is 146 Å². The van der Waals surface area contributed by atoms with Crippen molar-refractivity contribution in [3.05, 3.63) is 0 Å². The van der Waals surface area contributed by atoms with Crippen molar-refractivity contribution in [3.63, 3.8) is 0 Å². The van der Waals surface area contributed by atoms with Crippen molar-refractivity contribution >= 4 is 11.8 Å². The molecular formula is C19H34N2O3. The molecule has 0 aliphatic heterocycles. The van der Waals surface area contributed by atoms with E-state index in [0.29, 0.717) is 18.8 Å². The fraction of sp³-hybridized carbons (Fsp3) is 0.895. The number of hydrogen-bond acceptors (Lipinski definition) is 3. The van der Waals surface area contributed by atoms with Crippen LogP contribution in [0.1, 0.15) is 77.6 Å². The maximum absolute atomic E-state index is 12.3. The minimum Gasteiger partial charge on any atom is -0.396 e. The van der Waals surface area contributed by atoms with E-state index in [9.17, 15) is 9.59 Å². The standard InChI is InChI=1S/C19H34N2O3/c1-2-16(11-12-22)21-19(24)15-7-9-17(10-8-15)20-18(23)13-14-5-3-4-6-14/h14-17,22H,2-13H2,1H3,(H,20,23)(H,21,24). The monoisotopic (exact) mass is 338 g/mol. The van der Waals surface area contributed by atoms with Gasteiger partial charge in [0.05, 0.1) is 0 Å². The van der Waals surface area contributed by atoms with E-state index in [0.717, 1.165) is 32.1 Å². The molecule has 0 aromatic rings. The third kappa shape index (κ3) is 6.08. The Hall–Kier alpha value is -1.10. The quantitative estimate of drug-likeness (QED) is 0.636. The summed E-state index contributed by atoms with van der Waals surface area (Å²) < 4.78 is 0. The van der Waals surface area contributed by atoms with Crippen molar-refractivity contribution in [2.45, 2.75) is 89.6 Å². The van der Waals surface area contributed by atoms with Crippen LogP contribution < -0.4 is 10.6 Å². The minimum absolute atomic E-state index is 0.0562. The molecule has 0 aromatic heterocycles. The predicted molar refractivity (Wildman–Crippen MR) is 94.4 cm³/mol. The molecule has 138 valence electrons. The van der Waals surface area contributed by atoms with Crippen LogP contribution in [0.4, 0.5) is 0 Å². The van der Waals surface area contributed by atoms with Gasteiger partial charge in [0.1, 0.15) is 0 Å². The Bertz CT molecular complexity index is 399. The summed E-state index contributed by atoms with van der Waals surface area (Å²) in [5.74, 6) is 0.958. The number of amides is 2. The number of carbonyl (C=O) groups excluding carboxylic acids is 2. The van der Waals surface area contributed by atoms with E-state index in [2.05, 4.69) is 10.6 Å². The molecule has 0 heterocycles. The van der Waals surface area contributed by atoms with E-state index in [1.807, 2.05) is 6.92 Å². The summed E-state index contributed by atoms with van der Waals surface area (Å²) in [6.45, 7) is 2.13. The summed E-state index contributed by atoms with van der Waals surface area (Å²) in [6, 6.07) is 0.314. The van der Waals surface area contributed by atoms with Gasteiger partial charge in [-0.1, -0.05) is 19.8 Å². The lowest BCUT2D eigenvalue weighted by molar-refractivity contribution is -0.127. The van der Waals surface area contributed by atoms with E-state index >= 15 is 0 Å². The third-order valence-corrected chi connectivity index (χ3v) is 5.73. The fourth-order valence-electron chi connectivity index (χ4n) is 4.12. The molecule has 2 saturated carbocycles. The van der Waals surface area contributed by atoms with Gasteiger partial charge in [-0.3, -0.25) is 9.59 Å². The summed E-state index contributed by atoms with van der Waals surface area (Å²) in [5.41, 5.74) is 0. The van der Waals surface area contributed by atoms with Crippen LogP contribution in [-0.4, -0.2) is 35.6 Å². The molecule has 5 nitrogen and oxygen atoms in total. The molecule has 2 rings (SSSR count).